The maximum Gasteiger partial charge on any atom is 0.251 e. The van der Waals surface area contributed by atoms with Crippen molar-refractivity contribution in [3.8, 4) is 0 Å². The summed E-state index contributed by atoms with van der Waals surface area (Å²) in [6.07, 6.45) is 3.41. The molecule has 0 unspecified atom stereocenters. The monoisotopic (exact) mass is 244 g/mol. The van der Waals surface area contributed by atoms with Gasteiger partial charge in [-0.1, -0.05) is 0 Å². The first-order valence-electron chi connectivity index (χ1n) is 5.22. The lowest BCUT2D eigenvalue weighted by Crippen LogP contribution is -2.22. The number of nitrogens with one attached hydrogen (secondary N) is 1. The smallest absolute Gasteiger partial charge is 0.251 e. The minimum atomic E-state index is -0.0878. The maximum absolute atomic E-state index is 11.8. The molecule has 1 N–H and O–H groups in total. The highest BCUT2D eigenvalue weighted by molar-refractivity contribution is 7.80. The minimum Gasteiger partial charge on any atom is -0.348 e. The van der Waals surface area contributed by atoms with E-state index in [4.69, 9.17) is 0 Å². The molecule has 0 spiro atoms. The van der Waals surface area contributed by atoms with Crippen LogP contribution in [-0.4, -0.2) is 10.9 Å². The SMILES string of the molecule is O=C(NCc1ccncc1)c1ccc(S)cc1. The van der Waals surface area contributed by atoms with Gasteiger partial charge in [-0.15, -0.1) is 12.6 Å². The van der Waals surface area contributed by atoms with E-state index in [-0.39, 0.29) is 5.91 Å². The van der Waals surface area contributed by atoms with Crippen LogP contribution in [0.5, 0.6) is 0 Å². The topological polar surface area (TPSA) is 42.0 Å². The van der Waals surface area contributed by atoms with Crippen molar-refractivity contribution >= 4 is 18.5 Å². The van der Waals surface area contributed by atoms with Crippen LogP contribution in [-0.2, 0) is 6.54 Å². The lowest BCUT2D eigenvalue weighted by molar-refractivity contribution is 0.0951. The third-order valence-corrected chi connectivity index (χ3v) is 2.63. The molecule has 86 valence electrons. The van der Waals surface area contributed by atoms with Crippen molar-refractivity contribution in [1.29, 1.82) is 0 Å². The molecular formula is C13H12N2OS. The maximum atomic E-state index is 11.8. The Labute approximate surface area is 105 Å². The minimum absolute atomic E-state index is 0.0878. The van der Waals surface area contributed by atoms with Crippen LogP contribution in [0.4, 0.5) is 0 Å². The number of nitrogens with zero attached hydrogens (tertiary/aromatic N) is 1. The fourth-order valence-corrected chi connectivity index (χ4v) is 1.55. The first-order valence-corrected chi connectivity index (χ1v) is 5.66. The van der Waals surface area contributed by atoms with Crippen LogP contribution in [0, 0.1) is 0 Å². The molecule has 0 fully saturated rings. The van der Waals surface area contributed by atoms with Gasteiger partial charge in [-0.25, -0.2) is 0 Å². The zero-order chi connectivity index (χ0) is 12.1. The molecule has 4 heteroatoms. The van der Waals surface area contributed by atoms with Crippen LogP contribution < -0.4 is 5.32 Å². The fourth-order valence-electron chi connectivity index (χ4n) is 1.40. The second-order valence-electron chi connectivity index (χ2n) is 3.59. The highest BCUT2D eigenvalue weighted by Gasteiger charge is 2.04. The number of pyridine rings is 1. The van der Waals surface area contributed by atoms with Gasteiger partial charge < -0.3 is 5.32 Å². The average Bonchev–Trinajstić information content (AvgIpc) is 2.38. The molecule has 1 amide bonds. The molecule has 17 heavy (non-hydrogen) atoms. The van der Waals surface area contributed by atoms with Gasteiger partial charge in [0.1, 0.15) is 0 Å². The molecule has 0 bridgehead atoms. The van der Waals surface area contributed by atoms with E-state index in [1.165, 1.54) is 0 Å². The fraction of sp³-hybridized carbons (Fsp3) is 0.0769. The molecule has 3 nitrogen and oxygen atoms in total. The summed E-state index contributed by atoms with van der Waals surface area (Å²) in [6, 6.07) is 10.8. The van der Waals surface area contributed by atoms with Crippen molar-refractivity contribution in [2.24, 2.45) is 0 Å². The Morgan fingerprint density at radius 1 is 1.12 bits per heavy atom. The van der Waals surface area contributed by atoms with E-state index in [2.05, 4.69) is 22.9 Å². The van der Waals surface area contributed by atoms with Gasteiger partial charge in [0.2, 0.25) is 0 Å². The molecule has 2 rings (SSSR count). The lowest BCUT2D eigenvalue weighted by atomic mass is 10.2. The number of aromatic nitrogens is 1. The number of rotatable bonds is 3. The largest absolute Gasteiger partial charge is 0.348 e. The molecule has 1 aromatic heterocycles. The Morgan fingerprint density at radius 2 is 1.76 bits per heavy atom. The summed E-state index contributed by atoms with van der Waals surface area (Å²) in [7, 11) is 0. The molecule has 0 saturated carbocycles. The number of hydrogen-bond acceptors (Lipinski definition) is 3. The standard InChI is InChI=1S/C13H12N2OS/c16-13(11-1-3-12(17)4-2-11)15-9-10-5-7-14-8-6-10/h1-8,17H,9H2,(H,15,16). The van der Waals surface area contributed by atoms with E-state index >= 15 is 0 Å². The van der Waals surface area contributed by atoms with Crippen LogP contribution in [0.2, 0.25) is 0 Å². The number of amides is 1. The number of carbonyl (C=O) groups is 1. The first kappa shape index (κ1) is 11.7. The first-order chi connectivity index (χ1) is 8.25. The molecule has 1 aromatic carbocycles. The number of benzene rings is 1. The molecule has 0 atom stereocenters. The van der Waals surface area contributed by atoms with Gasteiger partial charge in [-0.3, -0.25) is 9.78 Å². The third kappa shape index (κ3) is 3.32. The normalized spacial score (nSPS) is 9.94. The second-order valence-corrected chi connectivity index (χ2v) is 4.10. The van der Waals surface area contributed by atoms with Gasteiger partial charge >= 0.3 is 0 Å². The quantitative estimate of drug-likeness (QED) is 0.813. The van der Waals surface area contributed by atoms with Gasteiger partial charge in [0, 0.05) is 29.4 Å². The van der Waals surface area contributed by atoms with Crippen molar-refractivity contribution in [3.63, 3.8) is 0 Å². The summed E-state index contributed by atoms with van der Waals surface area (Å²) >= 11 is 4.17. The van der Waals surface area contributed by atoms with E-state index in [9.17, 15) is 4.79 Å². The number of carbonyl (C=O) groups excluding carboxylic acids is 1. The van der Waals surface area contributed by atoms with Crippen LogP contribution in [0.1, 0.15) is 15.9 Å². The zero-order valence-electron chi connectivity index (χ0n) is 9.13. The molecular weight excluding hydrogens is 232 g/mol. The van der Waals surface area contributed by atoms with Gasteiger partial charge in [0.25, 0.3) is 5.91 Å². The summed E-state index contributed by atoms with van der Waals surface area (Å²) in [5.41, 5.74) is 1.66. The Balaban J connectivity index is 1.96. The van der Waals surface area contributed by atoms with Crippen LogP contribution in [0.25, 0.3) is 0 Å². The zero-order valence-corrected chi connectivity index (χ0v) is 10.0. The molecule has 0 aliphatic rings. The summed E-state index contributed by atoms with van der Waals surface area (Å²) in [4.78, 5) is 16.5. The molecule has 0 radical (unpaired) electrons. The van der Waals surface area contributed by atoms with Crippen molar-refractivity contribution in [2.75, 3.05) is 0 Å². The van der Waals surface area contributed by atoms with E-state index in [0.717, 1.165) is 10.5 Å². The van der Waals surface area contributed by atoms with Crippen molar-refractivity contribution in [1.82, 2.24) is 10.3 Å². The second kappa shape index (κ2) is 5.50. The number of thiol groups is 1. The highest BCUT2D eigenvalue weighted by atomic mass is 32.1. The molecule has 0 saturated heterocycles. The van der Waals surface area contributed by atoms with Gasteiger partial charge in [-0.05, 0) is 42.0 Å². The van der Waals surface area contributed by atoms with Crippen LogP contribution in [0.3, 0.4) is 0 Å². The van der Waals surface area contributed by atoms with E-state index in [1.807, 2.05) is 12.1 Å². The molecule has 0 aliphatic carbocycles. The van der Waals surface area contributed by atoms with E-state index in [0.29, 0.717) is 12.1 Å². The predicted octanol–water partition coefficient (Wildman–Crippen LogP) is 2.30. The van der Waals surface area contributed by atoms with Crippen LogP contribution >= 0.6 is 12.6 Å². The average molecular weight is 244 g/mol. The molecule has 1 heterocycles. The molecule has 2 aromatic rings. The van der Waals surface area contributed by atoms with E-state index < -0.39 is 0 Å². The van der Waals surface area contributed by atoms with Crippen molar-refractivity contribution < 1.29 is 4.79 Å². The van der Waals surface area contributed by atoms with Crippen molar-refractivity contribution in [3.05, 3.63) is 59.9 Å². The van der Waals surface area contributed by atoms with Gasteiger partial charge in [-0.2, -0.15) is 0 Å². The number of hydrogen-bond donors (Lipinski definition) is 2. The predicted molar refractivity (Wildman–Crippen MR) is 69.1 cm³/mol. The summed E-state index contributed by atoms with van der Waals surface area (Å²) in [5.74, 6) is -0.0878. The Morgan fingerprint density at radius 3 is 2.41 bits per heavy atom. The third-order valence-electron chi connectivity index (χ3n) is 2.33. The lowest BCUT2D eigenvalue weighted by Gasteiger charge is -2.05. The summed E-state index contributed by atoms with van der Waals surface area (Å²) < 4.78 is 0. The summed E-state index contributed by atoms with van der Waals surface area (Å²) in [6.45, 7) is 0.504. The molecule has 0 aliphatic heterocycles. The highest BCUT2D eigenvalue weighted by Crippen LogP contribution is 2.07. The van der Waals surface area contributed by atoms with E-state index in [1.54, 1.807) is 36.7 Å². The Kier molecular flexibility index (Phi) is 3.77. The van der Waals surface area contributed by atoms with Crippen LogP contribution in [0.15, 0.2) is 53.7 Å². The van der Waals surface area contributed by atoms with Crippen molar-refractivity contribution in [2.45, 2.75) is 11.4 Å². The summed E-state index contributed by atoms with van der Waals surface area (Å²) in [5, 5.41) is 2.84. The van der Waals surface area contributed by atoms with Gasteiger partial charge in [0.15, 0.2) is 0 Å². The van der Waals surface area contributed by atoms with Gasteiger partial charge in [0.05, 0.1) is 0 Å². The Hall–Kier alpha value is -1.81. The Bertz CT molecular complexity index is 497.